The van der Waals surface area contributed by atoms with Gasteiger partial charge in [0.1, 0.15) is 38.4 Å². The fraction of sp³-hybridized carbons (Fsp3) is 0.471. The van der Waals surface area contributed by atoms with Crippen LogP contribution in [0.2, 0.25) is 0 Å². The van der Waals surface area contributed by atoms with Crippen molar-refractivity contribution in [2.24, 2.45) is 10.6 Å². The smallest absolute Gasteiger partial charge is 0.313 e. The Balaban J connectivity index is 0.00000342. The molecule has 0 aromatic carbocycles. The number of carbonyl (C=O) groups excluding carboxylic acids is 2. The third-order valence-electron chi connectivity index (χ3n) is 5.09. The highest BCUT2D eigenvalue weighted by Crippen LogP contribution is 2.44. The molecule has 190 valence electrons. The number of nitrogens with zero attached hydrogens (tertiary/aromatic N) is 5. The van der Waals surface area contributed by atoms with E-state index in [0.29, 0.717) is 8.13 Å². The van der Waals surface area contributed by atoms with Crippen molar-refractivity contribution in [1.82, 2.24) is 25.4 Å². The first-order valence-electron chi connectivity index (χ1n) is 9.58. The van der Waals surface area contributed by atoms with Crippen molar-refractivity contribution in [3.8, 4) is 0 Å². The molecule has 0 spiro atoms. The van der Waals surface area contributed by atoms with Crippen LogP contribution < -0.4 is 11.1 Å². The molecule has 35 heavy (non-hydrogen) atoms. The number of rotatable bonds is 8. The second kappa shape index (κ2) is 11.2. The normalized spacial score (nSPS) is 23.7. The van der Waals surface area contributed by atoms with Gasteiger partial charge in [-0.15, -0.1) is 34.4 Å². The molecule has 0 bridgehead atoms. The molecule has 4 N–H and O–H groups in total. The van der Waals surface area contributed by atoms with Gasteiger partial charge in [-0.05, 0) is 22.9 Å². The maximum Gasteiger partial charge on any atom is 0.313 e. The van der Waals surface area contributed by atoms with E-state index >= 15 is 0 Å². The summed E-state index contributed by atoms with van der Waals surface area (Å²) in [7, 11) is 1.29. The summed E-state index contributed by atoms with van der Waals surface area (Å²) in [5.41, 5.74) is 4.64. The van der Waals surface area contributed by atoms with Gasteiger partial charge in [-0.1, -0.05) is 39.6 Å². The van der Waals surface area contributed by atoms with E-state index in [1.54, 1.807) is 0 Å². The minimum absolute atomic E-state index is 0. The van der Waals surface area contributed by atoms with Crippen LogP contribution in [0.4, 0.5) is 5.13 Å². The maximum atomic E-state index is 12.9. The zero-order chi connectivity index (χ0) is 24.6. The van der Waals surface area contributed by atoms with Crippen molar-refractivity contribution in [3.63, 3.8) is 0 Å². The Kier molecular flexibility index (Phi) is 8.91. The number of thiazole rings is 1. The van der Waals surface area contributed by atoms with Crippen molar-refractivity contribution < 1.29 is 24.3 Å². The van der Waals surface area contributed by atoms with Gasteiger partial charge in [-0.2, -0.15) is 0 Å². The first kappa shape index (κ1) is 27.9. The van der Waals surface area contributed by atoms with E-state index in [1.807, 2.05) is 6.92 Å². The first-order valence-corrected chi connectivity index (χ1v) is 14.0. The number of halogens is 2. The Hall–Kier alpha value is -1.66. The van der Waals surface area contributed by atoms with Gasteiger partial charge in [0.2, 0.25) is 5.91 Å². The lowest BCUT2D eigenvalue weighted by Crippen LogP contribution is -2.74. The lowest BCUT2D eigenvalue weighted by atomic mass is 9.89. The second-order valence-corrected chi connectivity index (χ2v) is 13.2. The van der Waals surface area contributed by atoms with E-state index in [4.69, 9.17) is 10.6 Å². The van der Waals surface area contributed by atoms with E-state index in [9.17, 15) is 19.5 Å². The second-order valence-electron chi connectivity index (χ2n) is 7.38. The molecule has 2 aliphatic rings. The van der Waals surface area contributed by atoms with Crippen LogP contribution in [0.5, 0.6) is 0 Å². The monoisotopic (exact) mass is 643 g/mol. The molecule has 0 radical (unpaired) electrons. The van der Waals surface area contributed by atoms with Crippen molar-refractivity contribution in [3.05, 3.63) is 14.5 Å². The van der Waals surface area contributed by atoms with Crippen LogP contribution in [0.1, 0.15) is 10.7 Å². The molecule has 2 aromatic rings. The molecule has 2 aromatic heterocycles. The zero-order valence-electron chi connectivity index (χ0n) is 18.1. The number of thioether (sulfide) groups is 2. The number of oxime groups is 1. The summed E-state index contributed by atoms with van der Waals surface area (Å²) in [5, 5.41) is 25.0. The van der Waals surface area contributed by atoms with Crippen LogP contribution in [-0.2, 0) is 19.2 Å². The number of aryl methyl sites for hydroxylation is 1. The number of amides is 2. The number of hydrogen-bond donors (Lipinski definition) is 3. The average Bonchev–Trinajstić information content (AvgIpc) is 3.37. The van der Waals surface area contributed by atoms with E-state index in [2.05, 4.69) is 41.6 Å². The molecule has 12 nitrogen and oxygen atoms in total. The molecular formula is C17H19BrClN7O5S4. The van der Waals surface area contributed by atoms with Crippen LogP contribution in [0.15, 0.2) is 13.3 Å². The van der Waals surface area contributed by atoms with Crippen molar-refractivity contribution in [1.29, 1.82) is 0 Å². The molecular weight excluding hydrogens is 626 g/mol. The Bertz CT molecular complexity index is 1180. The summed E-state index contributed by atoms with van der Waals surface area (Å²) >= 11 is 8.45. The van der Waals surface area contributed by atoms with Gasteiger partial charge in [-0.25, -0.2) is 4.98 Å². The third-order valence-corrected chi connectivity index (χ3v) is 10.5. The van der Waals surface area contributed by atoms with E-state index < -0.39 is 23.3 Å². The highest BCUT2D eigenvalue weighted by Gasteiger charge is 2.57. The predicted octanol–water partition coefficient (Wildman–Crippen LogP) is 1.68. The summed E-state index contributed by atoms with van der Waals surface area (Å²) in [6.45, 7) is 1.87. The van der Waals surface area contributed by atoms with Gasteiger partial charge in [-0.3, -0.25) is 14.4 Å². The van der Waals surface area contributed by atoms with Crippen LogP contribution in [0, 0.1) is 12.3 Å². The number of carboxylic acid groups (broad SMARTS) is 1. The Morgan fingerprint density at radius 2 is 2.17 bits per heavy atom. The van der Waals surface area contributed by atoms with Crippen molar-refractivity contribution in [2.45, 2.75) is 22.7 Å². The van der Waals surface area contributed by atoms with Crippen LogP contribution in [-0.4, -0.2) is 85.3 Å². The average molecular weight is 645 g/mol. The molecule has 0 aliphatic carbocycles. The molecule has 2 saturated heterocycles. The molecule has 18 heteroatoms. The lowest BCUT2D eigenvalue weighted by Gasteiger charge is -2.53. The lowest BCUT2D eigenvalue weighted by molar-refractivity contribution is -0.157. The minimum atomic E-state index is -1.14. The van der Waals surface area contributed by atoms with Crippen molar-refractivity contribution in [2.75, 3.05) is 30.9 Å². The molecule has 4 heterocycles. The number of nitrogen functional groups attached to an aromatic ring is 1. The van der Waals surface area contributed by atoms with E-state index in [1.165, 1.54) is 46.9 Å². The highest BCUT2D eigenvalue weighted by molar-refractivity contribution is 9.11. The Morgan fingerprint density at radius 1 is 1.43 bits per heavy atom. The zero-order valence-corrected chi connectivity index (χ0v) is 23.8. The molecule has 4 rings (SSSR count). The Labute approximate surface area is 230 Å². The van der Waals surface area contributed by atoms with Gasteiger partial charge in [0.05, 0.1) is 0 Å². The number of anilines is 1. The fourth-order valence-electron chi connectivity index (χ4n) is 3.40. The summed E-state index contributed by atoms with van der Waals surface area (Å²) in [4.78, 5) is 48.3. The topological polar surface area (TPSA) is 173 Å². The SMILES string of the molecule is CON=C(C(=O)NC1C(=O)N2CC(CSc3nnc(C)s3)(C(=O)O)CS[C@H]12)c1nc(N)sc1Br.Cl. The van der Waals surface area contributed by atoms with Gasteiger partial charge >= 0.3 is 5.97 Å². The van der Waals surface area contributed by atoms with Crippen molar-refractivity contribution >= 4 is 103 Å². The highest BCUT2D eigenvalue weighted by atomic mass is 79.9. The quantitative estimate of drug-likeness (QED) is 0.165. The van der Waals surface area contributed by atoms with Gasteiger partial charge < -0.3 is 25.9 Å². The number of aromatic nitrogens is 3. The van der Waals surface area contributed by atoms with Crippen LogP contribution in [0.25, 0.3) is 0 Å². The summed E-state index contributed by atoms with van der Waals surface area (Å²) in [6.07, 6.45) is 0. The summed E-state index contributed by atoms with van der Waals surface area (Å²) < 4.78 is 1.18. The van der Waals surface area contributed by atoms with Gasteiger partial charge in [0.25, 0.3) is 5.91 Å². The first-order chi connectivity index (χ1) is 16.1. The number of carboxylic acids is 1. The summed E-state index contributed by atoms with van der Waals surface area (Å²) in [6, 6.07) is -0.820. The fourth-order valence-corrected chi connectivity index (χ4v) is 8.41. The third kappa shape index (κ3) is 5.53. The molecule has 2 aliphatic heterocycles. The number of carbonyl (C=O) groups is 3. The van der Waals surface area contributed by atoms with Gasteiger partial charge in [0.15, 0.2) is 15.2 Å². The minimum Gasteiger partial charge on any atom is -0.481 e. The molecule has 2 unspecified atom stereocenters. The maximum absolute atomic E-state index is 12.9. The number of hydrogen-bond acceptors (Lipinski definition) is 13. The number of fused-ring (bicyclic) bond motifs is 1. The summed E-state index contributed by atoms with van der Waals surface area (Å²) in [5.74, 6) is -1.46. The molecule has 2 fully saturated rings. The molecule has 2 amide bonds. The van der Waals surface area contributed by atoms with Crippen LogP contribution in [0.3, 0.4) is 0 Å². The largest absolute Gasteiger partial charge is 0.481 e. The van der Waals surface area contributed by atoms with Gasteiger partial charge in [0, 0.05) is 18.1 Å². The standard InChI is InChI=1S/C17H18BrN7O5S4.ClH/c1-6-22-23-16(33-6)32-5-17(14(28)29)3-25-12(27)9(13(25)31-4-17)20-11(26)8(24-30-2)7-10(18)34-15(19)21-7;/h9,13H,3-5H2,1-2H3,(H2,19,21)(H,20,26)(H,28,29);1H/t9?,13-,17?;/m1./s1. The molecule has 3 atom stereocenters. The molecule has 0 saturated carbocycles. The van der Waals surface area contributed by atoms with E-state index in [0.717, 1.165) is 16.3 Å². The number of nitrogens with one attached hydrogen (secondary N) is 1. The Morgan fingerprint density at radius 3 is 2.74 bits per heavy atom. The number of β-lactam (4-membered cyclic amide) rings is 1. The van der Waals surface area contributed by atoms with E-state index in [-0.39, 0.29) is 58.3 Å². The number of aliphatic carboxylic acids is 1. The number of nitrogens with two attached hydrogens (primary N) is 1. The van der Waals surface area contributed by atoms with Crippen LogP contribution >= 0.6 is 74.5 Å². The predicted molar refractivity (Wildman–Crippen MR) is 140 cm³/mol.